The zero-order valence-corrected chi connectivity index (χ0v) is 13.7. The van der Waals surface area contributed by atoms with Crippen molar-refractivity contribution in [2.45, 2.75) is 31.4 Å². The predicted octanol–water partition coefficient (Wildman–Crippen LogP) is 1.10. The average molecular weight is 344 g/mol. The normalized spacial score (nSPS) is 19.5. The van der Waals surface area contributed by atoms with E-state index in [1.165, 1.54) is 24.3 Å². The van der Waals surface area contributed by atoms with Gasteiger partial charge in [-0.25, -0.2) is 17.5 Å². The summed E-state index contributed by atoms with van der Waals surface area (Å²) in [6.45, 7) is 1.11. The van der Waals surface area contributed by atoms with Crippen molar-refractivity contribution in [3.8, 4) is 0 Å². The molecule has 2 N–H and O–H groups in total. The summed E-state index contributed by atoms with van der Waals surface area (Å²) in [5.74, 6) is -0.708. The number of amides is 1. The van der Waals surface area contributed by atoms with Crippen LogP contribution in [0.4, 0.5) is 4.39 Å². The molecule has 2 unspecified atom stereocenters. The van der Waals surface area contributed by atoms with E-state index < -0.39 is 21.9 Å². The number of hydrogen-bond donors (Lipinski definition) is 2. The lowest BCUT2D eigenvalue weighted by molar-refractivity contribution is -0.122. The maximum absolute atomic E-state index is 13.0. The summed E-state index contributed by atoms with van der Waals surface area (Å²) in [5.41, 5.74) is 0.532. The summed E-state index contributed by atoms with van der Waals surface area (Å²) >= 11 is 0. The number of rotatable bonds is 7. The Hall–Kier alpha value is -1.51. The first-order valence-corrected chi connectivity index (χ1v) is 9.34. The van der Waals surface area contributed by atoms with Gasteiger partial charge in [0.25, 0.3) is 0 Å². The van der Waals surface area contributed by atoms with Gasteiger partial charge in [0.15, 0.2) is 0 Å². The van der Waals surface area contributed by atoms with Crippen LogP contribution in [0.15, 0.2) is 24.3 Å². The molecular weight excluding hydrogens is 323 g/mol. The minimum atomic E-state index is -3.51. The van der Waals surface area contributed by atoms with Crippen LogP contribution in [0.25, 0.3) is 0 Å². The first-order valence-electron chi connectivity index (χ1n) is 7.44. The van der Waals surface area contributed by atoms with Gasteiger partial charge in [-0.2, -0.15) is 0 Å². The molecule has 1 heterocycles. The Morgan fingerprint density at radius 2 is 2.09 bits per heavy atom. The van der Waals surface area contributed by atoms with E-state index in [0.29, 0.717) is 18.7 Å². The third-order valence-corrected chi connectivity index (χ3v) is 4.28. The molecule has 0 aromatic heterocycles. The summed E-state index contributed by atoms with van der Waals surface area (Å²) in [5, 5.41) is 2.75. The first kappa shape index (κ1) is 17.8. The van der Waals surface area contributed by atoms with Gasteiger partial charge < -0.3 is 10.1 Å². The number of benzene rings is 1. The van der Waals surface area contributed by atoms with E-state index in [1.54, 1.807) is 0 Å². The highest BCUT2D eigenvalue weighted by Gasteiger charge is 2.21. The van der Waals surface area contributed by atoms with Gasteiger partial charge in [-0.1, -0.05) is 12.1 Å². The van der Waals surface area contributed by atoms with Crippen LogP contribution in [0.3, 0.4) is 0 Å². The Bertz CT molecular complexity index is 627. The van der Waals surface area contributed by atoms with Gasteiger partial charge in [-0.15, -0.1) is 0 Å². The van der Waals surface area contributed by atoms with Crippen molar-refractivity contribution in [3.05, 3.63) is 35.6 Å². The van der Waals surface area contributed by atoms with Gasteiger partial charge in [0.05, 0.1) is 18.4 Å². The van der Waals surface area contributed by atoms with Crippen LogP contribution >= 0.6 is 0 Å². The maximum atomic E-state index is 13.0. The lowest BCUT2D eigenvalue weighted by atomic mass is 10.0. The first-order chi connectivity index (χ1) is 10.8. The quantitative estimate of drug-likeness (QED) is 0.776. The van der Waals surface area contributed by atoms with Crippen molar-refractivity contribution < 1.29 is 22.3 Å². The number of carbonyl (C=O) groups is 1. The summed E-state index contributed by atoms with van der Waals surface area (Å²) in [6.07, 6.45) is 2.86. The summed E-state index contributed by atoms with van der Waals surface area (Å²) in [4.78, 5) is 12.1. The average Bonchev–Trinajstić information content (AvgIpc) is 2.97. The zero-order valence-electron chi connectivity index (χ0n) is 12.9. The van der Waals surface area contributed by atoms with E-state index in [9.17, 15) is 17.6 Å². The molecule has 6 nitrogen and oxygen atoms in total. The molecule has 0 aliphatic carbocycles. The fourth-order valence-electron chi connectivity index (χ4n) is 2.47. The summed E-state index contributed by atoms with van der Waals surface area (Å²) < 4.78 is 43.8. The Morgan fingerprint density at radius 1 is 1.39 bits per heavy atom. The largest absolute Gasteiger partial charge is 0.376 e. The lowest BCUT2D eigenvalue weighted by Gasteiger charge is -2.18. The fraction of sp³-hybridized carbons (Fsp3) is 0.533. The molecule has 1 saturated heterocycles. The van der Waals surface area contributed by atoms with E-state index in [4.69, 9.17) is 4.74 Å². The van der Waals surface area contributed by atoms with Crippen molar-refractivity contribution in [1.82, 2.24) is 10.0 Å². The van der Waals surface area contributed by atoms with Crippen molar-refractivity contribution in [2.24, 2.45) is 0 Å². The molecule has 1 amide bonds. The topological polar surface area (TPSA) is 84.5 Å². The molecular formula is C15H21FN2O4S. The maximum Gasteiger partial charge on any atom is 0.222 e. The number of carbonyl (C=O) groups excluding carboxylic acids is 1. The van der Waals surface area contributed by atoms with Crippen LogP contribution in [0.1, 0.15) is 30.9 Å². The van der Waals surface area contributed by atoms with Gasteiger partial charge in [0, 0.05) is 19.6 Å². The van der Waals surface area contributed by atoms with E-state index in [2.05, 4.69) is 10.0 Å². The minimum absolute atomic E-state index is 0.0195. The van der Waals surface area contributed by atoms with Crippen molar-refractivity contribution in [3.63, 3.8) is 0 Å². The molecule has 8 heteroatoms. The molecule has 128 valence electrons. The molecule has 1 aromatic rings. The number of hydrogen-bond acceptors (Lipinski definition) is 4. The van der Waals surface area contributed by atoms with Crippen molar-refractivity contribution >= 4 is 15.9 Å². The number of halogens is 1. The molecule has 0 spiro atoms. The second-order valence-corrected chi connectivity index (χ2v) is 7.42. The molecule has 1 aliphatic heterocycles. The molecule has 1 aliphatic rings. The van der Waals surface area contributed by atoms with Gasteiger partial charge in [0.2, 0.25) is 15.9 Å². The fourth-order valence-corrected chi connectivity index (χ4v) is 3.21. The molecule has 2 rings (SSSR count). The molecule has 2 atom stereocenters. The Morgan fingerprint density at radius 3 is 2.65 bits per heavy atom. The van der Waals surface area contributed by atoms with Gasteiger partial charge in [-0.05, 0) is 30.5 Å². The number of sulfonamides is 1. The van der Waals surface area contributed by atoms with E-state index in [1.807, 2.05) is 0 Å². The van der Waals surface area contributed by atoms with E-state index in [-0.39, 0.29) is 18.4 Å². The molecule has 0 bridgehead atoms. The van der Waals surface area contributed by atoms with Gasteiger partial charge in [0.1, 0.15) is 5.82 Å². The molecule has 0 radical (unpaired) electrons. The smallest absolute Gasteiger partial charge is 0.222 e. The highest BCUT2D eigenvalue weighted by Crippen LogP contribution is 2.18. The third kappa shape index (κ3) is 6.25. The Kier molecular flexibility index (Phi) is 6.09. The van der Waals surface area contributed by atoms with E-state index in [0.717, 1.165) is 19.1 Å². The molecule has 0 saturated carbocycles. The van der Waals surface area contributed by atoms with Crippen LogP contribution in [-0.2, 0) is 19.6 Å². The molecule has 1 aromatic carbocycles. The van der Waals surface area contributed by atoms with Crippen LogP contribution in [0, 0.1) is 5.82 Å². The summed E-state index contributed by atoms with van der Waals surface area (Å²) in [6, 6.07) is 4.65. The number of nitrogens with one attached hydrogen (secondary N) is 2. The molecule has 23 heavy (non-hydrogen) atoms. The monoisotopic (exact) mass is 344 g/mol. The van der Waals surface area contributed by atoms with E-state index >= 15 is 0 Å². The predicted molar refractivity (Wildman–Crippen MR) is 83.7 cm³/mol. The molecule has 1 fully saturated rings. The highest BCUT2D eigenvalue weighted by atomic mass is 32.2. The SMILES string of the molecule is CS(=O)(=O)NC(CC(=O)NCC1CCCO1)c1ccc(F)cc1. The standard InChI is InChI=1S/C15H21FN2O4S/c1-23(20,21)18-14(11-4-6-12(16)7-5-11)9-15(19)17-10-13-3-2-8-22-13/h4-7,13-14,18H,2-3,8-10H2,1H3,(H,17,19). The lowest BCUT2D eigenvalue weighted by Crippen LogP contribution is -2.36. The Labute approximate surface area is 135 Å². The number of ether oxygens (including phenoxy) is 1. The van der Waals surface area contributed by atoms with Crippen LogP contribution in [0.5, 0.6) is 0 Å². The van der Waals surface area contributed by atoms with Crippen molar-refractivity contribution in [1.29, 1.82) is 0 Å². The van der Waals surface area contributed by atoms with Crippen LogP contribution < -0.4 is 10.0 Å². The van der Waals surface area contributed by atoms with Crippen molar-refractivity contribution in [2.75, 3.05) is 19.4 Å². The van der Waals surface area contributed by atoms with Gasteiger partial charge >= 0.3 is 0 Å². The zero-order chi connectivity index (χ0) is 16.9. The van der Waals surface area contributed by atoms with Gasteiger partial charge in [-0.3, -0.25) is 4.79 Å². The van der Waals surface area contributed by atoms with Crippen LogP contribution in [0.2, 0.25) is 0 Å². The highest BCUT2D eigenvalue weighted by molar-refractivity contribution is 7.88. The Balaban J connectivity index is 1.98. The second-order valence-electron chi connectivity index (χ2n) is 5.64. The second kappa shape index (κ2) is 7.85. The summed E-state index contributed by atoms with van der Waals surface area (Å²) in [7, 11) is -3.51. The van der Waals surface area contributed by atoms with Crippen LogP contribution in [-0.4, -0.2) is 39.8 Å². The third-order valence-electron chi connectivity index (χ3n) is 3.57. The minimum Gasteiger partial charge on any atom is -0.376 e.